The quantitative estimate of drug-likeness (QED) is 0.333. The molecule has 1 aliphatic heterocycles. The van der Waals surface area contributed by atoms with Gasteiger partial charge in [0.15, 0.2) is 17.1 Å². The number of benzene rings is 1. The molecule has 1 aliphatic rings. The second-order valence-corrected chi connectivity index (χ2v) is 10.4. The molecule has 1 aromatic carbocycles. The van der Waals surface area contributed by atoms with E-state index in [1.807, 2.05) is 6.92 Å². The zero-order valence-corrected chi connectivity index (χ0v) is 23.3. The van der Waals surface area contributed by atoms with E-state index in [1.54, 1.807) is 30.9 Å². The summed E-state index contributed by atoms with van der Waals surface area (Å²) in [5.74, 6) is -0.223. The number of aromatic nitrogens is 6. The number of aryl methyl sites for hydroxylation is 1. The Morgan fingerprint density at radius 2 is 2.02 bits per heavy atom. The van der Waals surface area contributed by atoms with Crippen molar-refractivity contribution < 1.29 is 18.0 Å². The maximum atomic E-state index is 13.9. The molecule has 0 saturated carbocycles. The summed E-state index contributed by atoms with van der Waals surface area (Å²) in [6.07, 6.45) is 0.166. The van der Waals surface area contributed by atoms with E-state index in [1.165, 1.54) is 27.8 Å². The molecule has 0 spiro atoms. The molecule has 1 amide bonds. The van der Waals surface area contributed by atoms with Crippen molar-refractivity contribution in [3.05, 3.63) is 80.6 Å². The third-order valence-electron chi connectivity index (χ3n) is 6.74. The highest BCUT2D eigenvalue weighted by Crippen LogP contribution is 2.36. The Balaban J connectivity index is 1.58. The van der Waals surface area contributed by atoms with Gasteiger partial charge in [-0.1, -0.05) is 22.0 Å². The highest BCUT2D eigenvalue weighted by atomic mass is 79.9. The molecule has 4 heterocycles. The average molecular weight is 617 g/mol. The number of hydrogen-bond acceptors (Lipinski definition) is 7. The minimum Gasteiger partial charge on any atom is -0.349 e. The highest BCUT2D eigenvalue weighted by Gasteiger charge is 2.36. The number of halogens is 4. The van der Waals surface area contributed by atoms with Gasteiger partial charge in [0.25, 0.3) is 11.5 Å². The molecule has 0 aliphatic carbocycles. The standard InChI is InChI=1S/C26H24BrF3N8O2/c1-5-13(2)33-25-34-19-11-37(23(39)15-6-7-18(27)17(9-15)26(28,29)30)14(3)8-16(19)24(40)38(25)20-10-31-22-21(35-20)32-12-36(22)4/h5-7,9-10,12-14H,1,8,11H2,2-4H3,(H,33,34). The van der Waals surface area contributed by atoms with Gasteiger partial charge in [-0.3, -0.25) is 9.59 Å². The molecule has 2 atom stereocenters. The minimum absolute atomic E-state index is 0.0646. The number of alkyl halides is 3. The molecule has 0 saturated heterocycles. The molecule has 3 aromatic heterocycles. The Labute approximate surface area is 234 Å². The van der Waals surface area contributed by atoms with Gasteiger partial charge < -0.3 is 14.8 Å². The normalized spacial score (nSPS) is 16.1. The van der Waals surface area contributed by atoms with Crippen LogP contribution in [-0.2, 0) is 26.2 Å². The van der Waals surface area contributed by atoms with E-state index >= 15 is 0 Å². The van der Waals surface area contributed by atoms with Crippen LogP contribution in [0.25, 0.3) is 17.1 Å². The molecular formula is C26H24BrF3N8O2. The summed E-state index contributed by atoms with van der Waals surface area (Å²) < 4.78 is 43.3. The lowest BCUT2D eigenvalue weighted by molar-refractivity contribution is -0.138. The van der Waals surface area contributed by atoms with E-state index in [2.05, 4.69) is 47.8 Å². The van der Waals surface area contributed by atoms with Crippen LogP contribution in [0, 0.1) is 0 Å². The first kappa shape index (κ1) is 27.5. The van der Waals surface area contributed by atoms with Crippen molar-refractivity contribution in [3.63, 3.8) is 0 Å². The summed E-state index contributed by atoms with van der Waals surface area (Å²) in [5.41, 5.74) is 0.160. The minimum atomic E-state index is -4.63. The van der Waals surface area contributed by atoms with Crippen LogP contribution in [0.4, 0.5) is 19.1 Å². The number of hydrogen-bond donors (Lipinski definition) is 1. The number of amides is 1. The molecule has 2 unspecified atom stereocenters. The van der Waals surface area contributed by atoms with E-state index in [4.69, 9.17) is 0 Å². The van der Waals surface area contributed by atoms with E-state index in [-0.39, 0.29) is 40.8 Å². The van der Waals surface area contributed by atoms with Gasteiger partial charge in [0.2, 0.25) is 5.95 Å². The third-order valence-corrected chi connectivity index (χ3v) is 7.43. The highest BCUT2D eigenvalue weighted by molar-refractivity contribution is 9.10. The fourth-order valence-electron chi connectivity index (χ4n) is 4.55. The second kappa shape index (κ2) is 10.2. The molecule has 0 radical (unpaired) electrons. The van der Waals surface area contributed by atoms with Crippen LogP contribution in [-0.4, -0.2) is 52.0 Å². The second-order valence-electron chi connectivity index (χ2n) is 9.58. The van der Waals surface area contributed by atoms with Crippen LogP contribution in [0.5, 0.6) is 0 Å². The number of carbonyl (C=O) groups excluding carboxylic acids is 1. The molecule has 5 rings (SSSR count). The molecule has 40 heavy (non-hydrogen) atoms. The van der Waals surface area contributed by atoms with Gasteiger partial charge in [-0.2, -0.15) is 13.2 Å². The van der Waals surface area contributed by atoms with Crippen molar-refractivity contribution in [3.8, 4) is 5.82 Å². The SMILES string of the molecule is C=CC(C)Nc1nc2c(c(=O)n1-c1cnc3c(ncn3C)n1)CC(C)N(C(=O)c1ccc(Br)c(C(F)(F)F)c1)C2. The Morgan fingerprint density at radius 3 is 2.73 bits per heavy atom. The van der Waals surface area contributed by atoms with Crippen molar-refractivity contribution in [2.24, 2.45) is 7.05 Å². The molecule has 14 heteroatoms. The molecule has 10 nitrogen and oxygen atoms in total. The monoisotopic (exact) mass is 616 g/mol. The molecule has 208 valence electrons. The van der Waals surface area contributed by atoms with Crippen molar-refractivity contribution in [2.75, 3.05) is 5.32 Å². The van der Waals surface area contributed by atoms with Crippen LogP contribution in [0.15, 0.2) is 52.6 Å². The lowest BCUT2D eigenvalue weighted by atomic mass is 9.98. The fraction of sp³-hybridized carbons (Fsp3) is 0.308. The van der Waals surface area contributed by atoms with Crippen LogP contribution < -0.4 is 10.9 Å². The zero-order chi connectivity index (χ0) is 28.9. The van der Waals surface area contributed by atoms with Crippen LogP contribution in [0.1, 0.15) is 41.0 Å². The van der Waals surface area contributed by atoms with Crippen molar-refractivity contribution in [1.82, 2.24) is 34.0 Å². The smallest absolute Gasteiger partial charge is 0.349 e. The van der Waals surface area contributed by atoms with Gasteiger partial charge in [-0.25, -0.2) is 24.5 Å². The number of nitrogens with one attached hydrogen (secondary N) is 1. The lowest BCUT2D eigenvalue weighted by Gasteiger charge is -2.34. The van der Waals surface area contributed by atoms with E-state index in [0.717, 1.165) is 6.07 Å². The maximum Gasteiger partial charge on any atom is 0.417 e. The van der Waals surface area contributed by atoms with Crippen LogP contribution >= 0.6 is 15.9 Å². The van der Waals surface area contributed by atoms with Gasteiger partial charge >= 0.3 is 6.18 Å². The first-order valence-corrected chi connectivity index (χ1v) is 13.0. The topological polar surface area (TPSA) is 111 Å². The van der Waals surface area contributed by atoms with Crippen molar-refractivity contribution in [2.45, 2.75) is 45.1 Å². The van der Waals surface area contributed by atoms with E-state index < -0.39 is 29.2 Å². The lowest BCUT2D eigenvalue weighted by Crippen LogP contribution is -2.46. The Morgan fingerprint density at radius 1 is 1.27 bits per heavy atom. The maximum absolute atomic E-state index is 13.9. The van der Waals surface area contributed by atoms with Gasteiger partial charge in [0.05, 0.1) is 30.3 Å². The zero-order valence-electron chi connectivity index (χ0n) is 21.7. The summed E-state index contributed by atoms with van der Waals surface area (Å²) in [4.78, 5) is 46.5. The first-order valence-electron chi connectivity index (χ1n) is 12.2. The average Bonchev–Trinajstić information content (AvgIpc) is 3.28. The van der Waals surface area contributed by atoms with E-state index in [0.29, 0.717) is 22.6 Å². The summed E-state index contributed by atoms with van der Waals surface area (Å²) in [5, 5.41) is 3.13. The molecule has 1 N–H and O–H groups in total. The van der Waals surface area contributed by atoms with E-state index in [9.17, 15) is 22.8 Å². The number of nitrogens with zero attached hydrogens (tertiary/aromatic N) is 7. The Kier molecular flexibility index (Phi) is 6.98. The summed E-state index contributed by atoms with van der Waals surface area (Å²) in [6, 6.07) is 2.59. The number of imidazole rings is 1. The van der Waals surface area contributed by atoms with Gasteiger partial charge in [-0.15, -0.1) is 6.58 Å². The number of anilines is 1. The number of fused-ring (bicyclic) bond motifs is 2. The summed E-state index contributed by atoms with van der Waals surface area (Å²) >= 11 is 2.91. The Bertz CT molecular complexity index is 1710. The van der Waals surface area contributed by atoms with Crippen molar-refractivity contribution >= 4 is 39.1 Å². The predicted octanol–water partition coefficient (Wildman–Crippen LogP) is 4.26. The molecular weight excluding hydrogens is 593 g/mol. The predicted molar refractivity (Wildman–Crippen MR) is 145 cm³/mol. The number of carbonyl (C=O) groups is 1. The fourth-order valence-corrected chi connectivity index (χ4v) is 5.02. The first-order chi connectivity index (χ1) is 18.9. The molecule has 0 fully saturated rings. The van der Waals surface area contributed by atoms with Crippen LogP contribution in [0.2, 0.25) is 0 Å². The van der Waals surface area contributed by atoms with Crippen molar-refractivity contribution in [1.29, 1.82) is 0 Å². The molecule has 0 bridgehead atoms. The number of rotatable bonds is 5. The van der Waals surface area contributed by atoms with Gasteiger partial charge in [0.1, 0.15) is 0 Å². The molecule has 4 aromatic rings. The Hall–Kier alpha value is -4.07. The van der Waals surface area contributed by atoms with Crippen LogP contribution in [0.3, 0.4) is 0 Å². The third kappa shape index (κ3) is 4.87. The van der Waals surface area contributed by atoms with Gasteiger partial charge in [0, 0.05) is 34.7 Å². The summed E-state index contributed by atoms with van der Waals surface area (Å²) in [7, 11) is 1.78. The summed E-state index contributed by atoms with van der Waals surface area (Å²) in [6.45, 7) is 7.26. The largest absolute Gasteiger partial charge is 0.417 e. The van der Waals surface area contributed by atoms with Gasteiger partial charge in [-0.05, 0) is 38.5 Å².